The molecule has 0 saturated heterocycles. The molecule has 4 aromatic rings. The summed E-state index contributed by atoms with van der Waals surface area (Å²) in [6.45, 7) is 2.57. The molecule has 1 heterocycles. The van der Waals surface area contributed by atoms with E-state index in [1.165, 1.54) is 6.08 Å². The van der Waals surface area contributed by atoms with E-state index in [-0.39, 0.29) is 11.8 Å². The second-order valence-corrected chi connectivity index (χ2v) is 7.50. The lowest BCUT2D eigenvalue weighted by Gasteiger charge is -2.06. The predicted molar refractivity (Wildman–Crippen MR) is 131 cm³/mol. The van der Waals surface area contributed by atoms with Gasteiger partial charge in [-0.2, -0.15) is 0 Å². The smallest absolute Gasteiger partial charge is 0.338 e. The molecule has 3 aromatic carbocycles. The van der Waals surface area contributed by atoms with Crippen molar-refractivity contribution in [3.63, 3.8) is 0 Å². The summed E-state index contributed by atoms with van der Waals surface area (Å²) in [5.74, 6) is 1.41. The summed E-state index contributed by atoms with van der Waals surface area (Å²) in [6, 6.07) is 27.6. The fourth-order valence-electron chi connectivity index (χ4n) is 3.29. The Kier molecular flexibility index (Phi) is 7.35. The van der Waals surface area contributed by atoms with Gasteiger partial charge in [0.25, 0.3) is 0 Å². The topological polar surface area (TPSA) is 65.7 Å². The minimum atomic E-state index is -0.355. The van der Waals surface area contributed by atoms with Crippen molar-refractivity contribution in [2.45, 2.75) is 13.5 Å². The Morgan fingerprint density at radius 1 is 0.824 bits per heavy atom. The number of allylic oxidation sites excluding steroid dienone is 1. The highest BCUT2D eigenvalue weighted by Crippen LogP contribution is 2.24. The van der Waals surface area contributed by atoms with Crippen molar-refractivity contribution < 1.29 is 23.5 Å². The highest BCUT2D eigenvalue weighted by Gasteiger charge is 2.09. The van der Waals surface area contributed by atoms with Crippen molar-refractivity contribution in [3.8, 4) is 17.1 Å². The predicted octanol–water partition coefficient (Wildman–Crippen LogP) is 6.60. The Bertz CT molecular complexity index is 1270. The second kappa shape index (κ2) is 11.0. The number of carbonyl (C=O) groups excluding carboxylic acids is 2. The van der Waals surface area contributed by atoms with Gasteiger partial charge in [0.05, 0.1) is 12.2 Å². The maximum Gasteiger partial charge on any atom is 0.338 e. The fourth-order valence-corrected chi connectivity index (χ4v) is 3.29. The molecule has 0 saturated carbocycles. The Morgan fingerprint density at radius 3 is 2.24 bits per heavy atom. The highest BCUT2D eigenvalue weighted by atomic mass is 16.5. The monoisotopic (exact) mass is 452 g/mol. The average Bonchev–Trinajstić information content (AvgIpc) is 3.36. The summed E-state index contributed by atoms with van der Waals surface area (Å²) in [7, 11) is 0. The molecule has 0 aliphatic carbocycles. The summed E-state index contributed by atoms with van der Waals surface area (Å²) >= 11 is 0. The first-order valence-electron chi connectivity index (χ1n) is 11.0. The van der Waals surface area contributed by atoms with Crippen LogP contribution in [0.25, 0.3) is 17.4 Å². The molecule has 0 bridgehead atoms. The van der Waals surface area contributed by atoms with Crippen LogP contribution in [0.4, 0.5) is 0 Å². The van der Waals surface area contributed by atoms with Crippen LogP contribution in [-0.4, -0.2) is 18.4 Å². The third kappa shape index (κ3) is 5.90. The van der Waals surface area contributed by atoms with Crippen molar-refractivity contribution in [1.82, 2.24) is 0 Å². The number of hydrogen-bond acceptors (Lipinski definition) is 5. The number of ether oxygens (including phenoxy) is 2. The molecule has 0 fully saturated rings. The van der Waals surface area contributed by atoms with Crippen molar-refractivity contribution in [3.05, 3.63) is 120 Å². The zero-order valence-corrected chi connectivity index (χ0v) is 18.8. The van der Waals surface area contributed by atoms with Gasteiger partial charge in [0.2, 0.25) is 0 Å². The molecule has 0 N–H and O–H groups in total. The van der Waals surface area contributed by atoms with Crippen LogP contribution in [0.2, 0.25) is 0 Å². The lowest BCUT2D eigenvalue weighted by Crippen LogP contribution is -2.03. The zero-order chi connectivity index (χ0) is 23.8. The number of carbonyl (C=O) groups is 2. The Balaban J connectivity index is 1.35. The molecule has 4 rings (SSSR count). The SMILES string of the molecule is CCOC(=O)c1ccc(-c2ccc(C=CC(=O)c3ccc(OCc4ccccc4)cc3)o2)cc1. The lowest BCUT2D eigenvalue weighted by atomic mass is 10.1. The minimum absolute atomic E-state index is 0.133. The molecule has 0 unspecified atom stereocenters. The first kappa shape index (κ1) is 22.8. The van der Waals surface area contributed by atoms with Crippen LogP contribution in [0.15, 0.2) is 101 Å². The maximum absolute atomic E-state index is 12.5. The largest absolute Gasteiger partial charge is 0.489 e. The van der Waals surface area contributed by atoms with Gasteiger partial charge >= 0.3 is 5.97 Å². The fraction of sp³-hybridized carbons (Fsp3) is 0.103. The lowest BCUT2D eigenvalue weighted by molar-refractivity contribution is 0.0526. The van der Waals surface area contributed by atoms with Gasteiger partial charge in [-0.3, -0.25) is 4.79 Å². The number of rotatable bonds is 9. The van der Waals surface area contributed by atoms with Gasteiger partial charge < -0.3 is 13.9 Å². The maximum atomic E-state index is 12.5. The Morgan fingerprint density at radius 2 is 1.53 bits per heavy atom. The van der Waals surface area contributed by atoms with E-state index < -0.39 is 0 Å². The van der Waals surface area contributed by atoms with Gasteiger partial charge in [-0.1, -0.05) is 42.5 Å². The highest BCUT2D eigenvalue weighted by molar-refractivity contribution is 6.06. The molecule has 0 atom stereocenters. The van der Waals surface area contributed by atoms with Crippen LogP contribution >= 0.6 is 0 Å². The normalized spacial score (nSPS) is 10.9. The molecule has 1 aromatic heterocycles. The van der Waals surface area contributed by atoms with Crippen molar-refractivity contribution in [2.24, 2.45) is 0 Å². The van der Waals surface area contributed by atoms with E-state index in [1.807, 2.05) is 36.4 Å². The van der Waals surface area contributed by atoms with Gasteiger partial charge in [0, 0.05) is 11.1 Å². The minimum Gasteiger partial charge on any atom is -0.489 e. The van der Waals surface area contributed by atoms with E-state index in [9.17, 15) is 9.59 Å². The van der Waals surface area contributed by atoms with Crippen LogP contribution in [0.3, 0.4) is 0 Å². The third-order valence-electron chi connectivity index (χ3n) is 5.09. The molecule has 0 aliphatic rings. The first-order chi connectivity index (χ1) is 16.6. The van der Waals surface area contributed by atoms with Gasteiger partial charge in [-0.05, 0) is 73.2 Å². The molecular formula is C29H24O5. The Hall–Kier alpha value is -4.38. The van der Waals surface area contributed by atoms with E-state index in [0.717, 1.165) is 11.1 Å². The summed E-state index contributed by atoms with van der Waals surface area (Å²) in [4.78, 5) is 24.3. The van der Waals surface area contributed by atoms with Gasteiger partial charge in [0.1, 0.15) is 23.9 Å². The average molecular weight is 453 g/mol. The summed E-state index contributed by atoms with van der Waals surface area (Å²) in [5.41, 5.74) is 2.95. The standard InChI is InChI=1S/C29H24O5/c1-2-32-29(31)24-10-8-23(9-11-24)28-19-17-26(34-28)16-18-27(30)22-12-14-25(15-13-22)33-20-21-6-4-3-5-7-21/h3-19H,2,20H2,1H3. The summed E-state index contributed by atoms with van der Waals surface area (Å²) < 4.78 is 16.6. The number of ketones is 1. The molecule has 0 aliphatic heterocycles. The Labute approximate surface area is 198 Å². The number of hydrogen-bond donors (Lipinski definition) is 0. The van der Waals surface area contributed by atoms with Crippen LogP contribution < -0.4 is 4.74 Å². The summed E-state index contributed by atoms with van der Waals surface area (Å²) in [5, 5.41) is 0. The van der Waals surface area contributed by atoms with Crippen LogP contribution in [0.1, 0.15) is 39.0 Å². The third-order valence-corrected chi connectivity index (χ3v) is 5.09. The molecule has 170 valence electrons. The summed E-state index contributed by atoms with van der Waals surface area (Å²) in [6.07, 6.45) is 3.12. The molecule has 5 nitrogen and oxygen atoms in total. The molecule has 0 spiro atoms. The molecule has 0 amide bonds. The van der Waals surface area contributed by atoms with E-state index in [0.29, 0.717) is 41.6 Å². The van der Waals surface area contributed by atoms with E-state index in [4.69, 9.17) is 13.9 Å². The number of benzene rings is 3. The van der Waals surface area contributed by atoms with Crippen LogP contribution in [0.5, 0.6) is 5.75 Å². The van der Waals surface area contributed by atoms with Crippen molar-refractivity contribution >= 4 is 17.8 Å². The molecule has 34 heavy (non-hydrogen) atoms. The molecular weight excluding hydrogens is 428 g/mol. The number of esters is 1. The second-order valence-electron chi connectivity index (χ2n) is 7.50. The van der Waals surface area contributed by atoms with Gasteiger partial charge in [0.15, 0.2) is 5.78 Å². The van der Waals surface area contributed by atoms with E-state index >= 15 is 0 Å². The van der Waals surface area contributed by atoms with Gasteiger partial charge in [-0.15, -0.1) is 0 Å². The zero-order valence-electron chi connectivity index (χ0n) is 18.8. The van der Waals surface area contributed by atoms with E-state index in [2.05, 4.69) is 0 Å². The van der Waals surface area contributed by atoms with Crippen LogP contribution in [-0.2, 0) is 11.3 Å². The van der Waals surface area contributed by atoms with Crippen LogP contribution in [0, 0.1) is 0 Å². The molecule has 0 radical (unpaired) electrons. The quantitative estimate of drug-likeness (QED) is 0.163. The molecule has 5 heteroatoms. The van der Waals surface area contributed by atoms with Crippen molar-refractivity contribution in [1.29, 1.82) is 0 Å². The van der Waals surface area contributed by atoms with E-state index in [1.54, 1.807) is 67.6 Å². The number of furan rings is 1. The first-order valence-corrected chi connectivity index (χ1v) is 11.0. The van der Waals surface area contributed by atoms with Gasteiger partial charge in [-0.25, -0.2) is 4.79 Å². The van der Waals surface area contributed by atoms with Crippen molar-refractivity contribution in [2.75, 3.05) is 6.61 Å².